The Morgan fingerprint density at radius 2 is 1.78 bits per heavy atom. The second kappa shape index (κ2) is 16.0. The van der Waals surface area contributed by atoms with Crippen LogP contribution in [0.3, 0.4) is 0 Å². The van der Waals surface area contributed by atoms with E-state index in [2.05, 4.69) is 10.2 Å². The van der Waals surface area contributed by atoms with Crippen LogP contribution in [0.5, 0.6) is 5.75 Å². The molecular weight excluding hydrogens is 673 g/mol. The lowest BCUT2D eigenvalue weighted by Gasteiger charge is -2.30. The molecule has 0 aliphatic carbocycles. The fraction of sp³-hybridized carbons (Fsp3) is 0.485. The lowest BCUT2D eigenvalue weighted by Crippen LogP contribution is -2.49. The average Bonchev–Trinajstić information content (AvgIpc) is 3.68. The van der Waals surface area contributed by atoms with Gasteiger partial charge in [-0.15, -0.1) is 0 Å². The summed E-state index contributed by atoms with van der Waals surface area (Å²) in [4.78, 5) is 38.6. The Morgan fingerprint density at radius 3 is 2.46 bits per heavy atom. The van der Waals surface area contributed by atoms with Gasteiger partial charge in [0, 0.05) is 31.9 Å². The van der Waals surface area contributed by atoms with Crippen molar-refractivity contribution >= 4 is 36.9 Å². The van der Waals surface area contributed by atoms with Gasteiger partial charge in [0.25, 0.3) is 0 Å². The minimum absolute atomic E-state index is 0.0419. The number of fused-ring (bicyclic) bond motifs is 1. The molecule has 2 fully saturated rings. The number of esters is 3. The molecule has 0 amide bonds. The van der Waals surface area contributed by atoms with Gasteiger partial charge in [-0.1, -0.05) is 32.0 Å². The highest BCUT2D eigenvalue weighted by molar-refractivity contribution is 7.52. The van der Waals surface area contributed by atoms with Crippen molar-refractivity contribution in [1.29, 1.82) is 5.26 Å². The predicted octanol–water partition coefficient (Wildman–Crippen LogP) is 3.80. The van der Waals surface area contributed by atoms with E-state index in [0.29, 0.717) is 43.0 Å². The summed E-state index contributed by atoms with van der Waals surface area (Å²) < 4.78 is 56.4. The largest absolute Gasteiger partial charge is 0.461 e. The third kappa shape index (κ3) is 8.26. The molecule has 6 atom stereocenters. The highest BCUT2D eigenvalue weighted by Crippen LogP contribution is 2.50. The Labute approximate surface area is 288 Å². The lowest BCUT2D eigenvalue weighted by atomic mass is 9.95. The number of nitrogen functional groups attached to an aromatic ring is 1. The molecule has 3 aromatic rings. The predicted molar refractivity (Wildman–Crippen MR) is 175 cm³/mol. The summed E-state index contributed by atoms with van der Waals surface area (Å²) >= 11 is 0. The van der Waals surface area contributed by atoms with Crippen LogP contribution in [0.25, 0.3) is 5.52 Å². The average molecular weight is 714 g/mol. The monoisotopic (exact) mass is 713 g/mol. The number of nitrogens with one attached hydrogen (secondary N) is 1. The standard InChI is InChI=1S/C33H40N5O11P/c1-4-27(39)46-30-29(26-12-11-25-24(35)13-16-36-38(25)26)48-33(19-34,31(30)47-28(40)5-2)20-44-50(42,49-23-9-7-6-8-10-23)37-21(3)32(41)45-22-14-17-43-18-15-22/h6-13,16,21-22,29-31H,4-5,14-15,17-18,20,35H2,1-3H3,(H,37,42)/t21-,29-,30-,31-,33+,50?/m0/s1. The molecule has 5 rings (SSSR count). The maximum Gasteiger partial charge on any atom is 0.459 e. The molecule has 2 aliphatic heterocycles. The van der Waals surface area contributed by atoms with E-state index in [9.17, 15) is 24.2 Å². The van der Waals surface area contributed by atoms with Crippen molar-refractivity contribution in [3.8, 4) is 11.8 Å². The Kier molecular flexibility index (Phi) is 11.8. The van der Waals surface area contributed by atoms with Crippen molar-refractivity contribution in [2.75, 3.05) is 25.6 Å². The first-order chi connectivity index (χ1) is 24.0. The molecule has 1 aromatic carbocycles. The van der Waals surface area contributed by atoms with Crippen LogP contribution in [0, 0.1) is 11.3 Å². The maximum atomic E-state index is 14.4. The number of hydrogen-bond donors (Lipinski definition) is 2. The van der Waals surface area contributed by atoms with Crippen LogP contribution in [-0.4, -0.2) is 77.3 Å². The summed E-state index contributed by atoms with van der Waals surface area (Å²) in [6.07, 6.45) is -2.22. The van der Waals surface area contributed by atoms with Crippen LogP contribution >= 0.6 is 7.75 Å². The Bertz CT molecular complexity index is 1760. The number of benzene rings is 1. The molecule has 50 heavy (non-hydrogen) atoms. The van der Waals surface area contributed by atoms with E-state index < -0.39 is 62.2 Å². The summed E-state index contributed by atoms with van der Waals surface area (Å²) in [6.45, 7) is 4.60. The Hall–Kier alpha value is -4.52. The summed E-state index contributed by atoms with van der Waals surface area (Å²) in [5.41, 5.74) is 5.15. The number of nitrogens with zero attached hydrogens (tertiary/aromatic N) is 3. The van der Waals surface area contributed by atoms with Crippen molar-refractivity contribution in [1.82, 2.24) is 14.7 Å². The molecule has 17 heteroatoms. The van der Waals surface area contributed by atoms with Gasteiger partial charge in [0.2, 0.25) is 5.60 Å². The van der Waals surface area contributed by atoms with Gasteiger partial charge in [0.1, 0.15) is 36.7 Å². The number of carbonyl (C=O) groups excluding carboxylic acids is 3. The molecule has 4 heterocycles. The zero-order valence-electron chi connectivity index (χ0n) is 27.9. The fourth-order valence-electron chi connectivity index (χ4n) is 5.51. The number of anilines is 1. The zero-order valence-corrected chi connectivity index (χ0v) is 28.8. The van der Waals surface area contributed by atoms with Crippen LogP contribution in [0.15, 0.2) is 54.7 Å². The fourth-order valence-corrected chi connectivity index (χ4v) is 7.03. The third-order valence-electron chi connectivity index (χ3n) is 8.17. The number of nitrogens with two attached hydrogens (primary N) is 1. The quantitative estimate of drug-likeness (QED) is 0.138. The molecule has 268 valence electrons. The number of rotatable bonds is 14. The van der Waals surface area contributed by atoms with E-state index in [1.165, 1.54) is 29.8 Å². The van der Waals surface area contributed by atoms with Crippen LogP contribution in [0.4, 0.5) is 5.69 Å². The van der Waals surface area contributed by atoms with Crippen LogP contribution < -0.4 is 15.3 Å². The lowest BCUT2D eigenvalue weighted by molar-refractivity contribution is -0.169. The first kappa shape index (κ1) is 36.8. The topological polar surface area (TPSA) is 212 Å². The molecule has 1 unspecified atom stereocenters. The molecule has 2 aromatic heterocycles. The number of hydrogen-bond acceptors (Lipinski definition) is 14. The zero-order chi connectivity index (χ0) is 35.9. The number of nitriles is 1. The molecule has 0 saturated carbocycles. The number of para-hydroxylation sites is 1. The molecule has 0 bridgehead atoms. The number of aromatic nitrogens is 2. The molecule has 2 saturated heterocycles. The second-order valence-corrected chi connectivity index (χ2v) is 13.4. The van der Waals surface area contributed by atoms with Crippen molar-refractivity contribution in [2.45, 2.75) is 82.5 Å². The molecule has 3 N–H and O–H groups in total. The van der Waals surface area contributed by atoms with E-state index in [1.54, 1.807) is 50.2 Å². The van der Waals surface area contributed by atoms with Crippen LogP contribution in [0.2, 0.25) is 0 Å². The van der Waals surface area contributed by atoms with Crippen molar-refractivity contribution < 1.29 is 51.7 Å². The molecule has 0 radical (unpaired) electrons. The van der Waals surface area contributed by atoms with Crippen molar-refractivity contribution in [2.24, 2.45) is 0 Å². The molecule has 2 aliphatic rings. The van der Waals surface area contributed by atoms with Crippen molar-refractivity contribution in [3.05, 3.63) is 60.4 Å². The minimum atomic E-state index is -4.55. The van der Waals surface area contributed by atoms with Crippen LogP contribution in [0.1, 0.15) is 58.3 Å². The normalized spacial score (nSPS) is 24.1. The van der Waals surface area contributed by atoms with Gasteiger partial charge in [0.05, 0.1) is 30.1 Å². The smallest absolute Gasteiger partial charge is 0.459 e. The second-order valence-electron chi connectivity index (χ2n) is 11.7. The molecule has 16 nitrogen and oxygen atoms in total. The van der Waals surface area contributed by atoms with Gasteiger partial charge in [0.15, 0.2) is 12.2 Å². The Morgan fingerprint density at radius 1 is 1.08 bits per heavy atom. The van der Waals surface area contributed by atoms with Gasteiger partial charge >= 0.3 is 25.7 Å². The summed E-state index contributed by atoms with van der Waals surface area (Å²) in [5.74, 6) is -1.99. The third-order valence-corrected chi connectivity index (χ3v) is 9.79. The first-order valence-electron chi connectivity index (χ1n) is 16.3. The summed E-state index contributed by atoms with van der Waals surface area (Å²) in [6, 6.07) is 13.8. The molecular formula is C33H40N5O11P. The van der Waals surface area contributed by atoms with E-state index >= 15 is 0 Å². The van der Waals surface area contributed by atoms with Crippen molar-refractivity contribution in [3.63, 3.8) is 0 Å². The minimum Gasteiger partial charge on any atom is -0.461 e. The van der Waals surface area contributed by atoms with Gasteiger partial charge < -0.3 is 33.9 Å². The first-order valence-corrected chi connectivity index (χ1v) is 17.8. The van der Waals surface area contributed by atoms with Gasteiger partial charge in [-0.3, -0.25) is 18.9 Å². The van der Waals surface area contributed by atoms with E-state index in [4.69, 9.17) is 38.5 Å². The van der Waals surface area contributed by atoms with Gasteiger partial charge in [-0.05, 0) is 37.3 Å². The van der Waals surface area contributed by atoms with Gasteiger partial charge in [-0.2, -0.15) is 15.4 Å². The SMILES string of the molecule is CCC(=O)O[C@H]1[C@H](c2ccc3c(N)ccnn23)O[C@](C#N)(COP(=O)(N[C@@H](C)C(=O)OC2CCOCC2)Oc2ccccc2)[C@H]1OC(=O)CC. The van der Waals surface area contributed by atoms with E-state index in [0.717, 1.165) is 0 Å². The number of carbonyl (C=O) groups is 3. The molecule has 0 spiro atoms. The summed E-state index contributed by atoms with van der Waals surface area (Å²) in [7, 11) is -4.55. The highest BCUT2D eigenvalue weighted by Gasteiger charge is 2.62. The number of ether oxygens (including phenoxy) is 5. The van der Waals surface area contributed by atoms with E-state index in [1.807, 2.05) is 6.07 Å². The Balaban J connectivity index is 1.49. The van der Waals surface area contributed by atoms with Gasteiger partial charge in [-0.25, -0.2) is 9.08 Å². The highest BCUT2D eigenvalue weighted by atomic mass is 31.2. The maximum absolute atomic E-state index is 14.4. The van der Waals surface area contributed by atoms with E-state index in [-0.39, 0.29) is 24.7 Å². The summed E-state index contributed by atoms with van der Waals surface area (Å²) in [5, 5.41) is 17.7. The van der Waals surface area contributed by atoms with Crippen LogP contribution in [-0.2, 0) is 47.2 Å².